The van der Waals surface area contributed by atoms with E-state index in [-0.39, 0.29) is 34.7 Å². The molecule has 0 aliphatic heterocycles. The molecule has 0 aromatic rings. The van der Waals surface area contributed by atoms with Crippen LogP contribution in [0.5, 0.6) is 0 Å². The molecule has 0 fully saturated rings. The lowest BCUT2D eigenvalue weighted by atomic mass is 10.6. The van der Waals surface area contributed by atoms with Crippen molar-refractivity contribution >= 4 is 14.5 Å². The molecule has 0 aliphatic carbocycles. The molecule has 17 heavy (non-hydrogen) atoms. The third kappa shape index (κ3) is 13.7. The second kappa shape index (κ2) is 12.2. The monoisotopic (exact) mass is 271 g/mol. The van der Waals surface area contributed by atoms with Crippen molar-refractivity contribution in [1.82, 2.24) is 0 Å². The first kappa shape index (κ1) is 22.0. The number of methoxy groups -OCH3 is 1. The fourth-order valence-electron chi connectivity index (χ4n) is 0.710. The average Bonchev–Trinajstić information content (AvgIpc) is 2.17. The van der Waals surface area contributed by atoms with Gasteiger partial charge in [0.05, 0.1) is 13.2 Å². The Morgan fingerprint density at radius 1 is 1.24 bits per heavy atom. The molecule has 0 spiro atoms. The van der Waals surface area contributed by atoms with Crippen molar-refractivity contribution in [2.45, 2.75) is 21.8 Å². The van der Waals surface area contributed by atoms with Crippen LogP contribution < -0.4 is 4.89 Å². The fraction of sp³-hybridized carbons (Fsp3) is 0.900. The molecule has 0 aliphatic rings. The van der Waals surface area contributed by atoms with E-state index in [2.05, 4.69) is 20.5 Å². The number of phosphoric acid groups is 1. The van der Waals surface area contributed by atoms with Crippen molar-refractivity contribution in [3.05, 3.63) is 0 Å². The molecule has 1 atom stereocenters. The molecule has 0 saturated carbocycles. The standard InChI is InChI=1S/C8H18NO5P.2CH4/c1-4-9(2)5-6-13-15(10,11)14-8-7-12-3;;/h2,4-8H2,1,3H3;2*1H4. The minimum absolute atomic E-state index is 0. The first-order chi connectivity index (χ1) is 7.02. The lowest BCUT2D eigenvalue weighted by molar-refractivity contribution is -0.517. The van der Waals surface area contributed by atoms with E-state index < -0.39 is 7.82 Å². The minimum atomic E-state index is -4.17. The highest BCUT2D eigenvalue weighted by Crippen LogP contribution is 2.37. The maximum absolute atomic E-state index is 11.1. The van der Waals surface area contributed by atoms with Crippen molar-refractivity contribution in [3.8, 4) is 0 Å². The Balaban J connectivity index is -0.000000980. The quantitative estimate of drug-likeness (QED) is 0.272. The Morgan fingerprint density at radius 2 is 1.76 bits per heavy atom. The predicted molar refractivity (Wildman–Crippen MR) is 67.6 cm³/mol. The maximum atomic E-state index is 11.1. The molecule has 0 amide bonds. The summed E-state index contributed by atoms with van der Waals surface area (Å²) in [6.07, 6.45) is 0. The van der Waals surface area contributed by atoms with E-state index in [4.69, 9.17) is 0 Å². The van der Waals surface area contributed by atoms with E-state index in [0.717, 1.165) is 6.54 Å². The van der Waals surface area contributed by atoms with Crippen molar-refractivity contribution < 1.29 is 27.8 Å². The molecule has 0 aromatic heterocycles. The van der Waals surface area contributed by atoms with Gasteiger partial charge in [0, 0.05) is 7.11 Å². The highest BCUT2D eigenvalue weighted by atomic mass is 31.2. The smallest absolute Gasteiger partial charge is 0.268 e. The van der Waals surface area contributed by atoms with Crippen LogP contribution in [-0.4, -0.2) is 51.3 Å². The highest BCUT2D eigenvalue weighted by Gasteiger charge is 2.10. The number of likely N-dealkylation sites (N-methyl/N-ethyl adjacent to an activating group) is 1. The molecular formula is C10H26NO5P. The Morgan fingerprint density at radius 3 is 2.24 bits per heavy atom. The van der Waals surface area contributed by atoms with Gasteiger partial charge in [-0.3, -0.25) is 4.57 Å². The summed E-state index contributed by atoms with van der Waals surface area (Å²) >= 11 is 0. The summed E-state index contributed by atoms with van der Waals surface area (Å²) in [6, 6.07) is 0. The third-order valence-corrected chi connectivity index (χ3v) is 2.64. The van der Waals surface area contributed by atoms with E-state index in [1.54, 1.807) is 4.58 Å². The van der Waals surface area contributed by atoms with Crippen LogP contribution in [0.3, 0.4) is 0 Å². The van der Waals surface area contributed by atoms with Crippen molar-refractivity contribution in [2.24, 2.45) is 0 Å². The lowest BCUT2D eigenvalue weighted by Gasteiger charge is -2.21. The average molecular weight is 271 g/mol. The molecule has 6 nitrogen and oxygen atoms in total. The van der Waals surface area contributed by atoms with Gasteiger partial charge in [-0.25, -0.2) is 4.58 Å². The van der Waals surface area contributed by atoms with Gasteiger partial charge in [0.25, 0.3) is 7.82 Å². The van der Waals surface area contributed by atoms with Gasteiger partial charge in [0.15, 0.2) is 6.54 Å². The number of hydrogen-bond donors (Lipinski definition) is 0. The van der Waals surface area contributed by atoms with E-state index in [1.807, 2.05) is 6.92 Å². The number of nitrogens with zero attached hydrogens (tertiary/aromatic N) is 1. The summed E-state index contributed by atoms with van der Waals surface area (Å²) in [5.41, 5.74) is 0. The second-order valence-electron chi connectivity index (χ2n) is 2.82. The zero-order chi connectivity index (χ0) is 11.7. The van der Waals surface area contributed by atoms with E-state index in [9.17, 15) is 9.46 Å². The number of ether oxygens (including phenoxy) is 1. The normalized spacial score (nSPS) is 13.1. The van der Waals surface area contributed by atoms with Gasteiger partial charge in [0.2, 0.25) is 0 Å². The summed E-state index contributed by atoms with van der Waals surface area (Å²) < 4.78 is 26.5. The van der Waals surface area contributed by atoms with Crippen LogP contribution in [0, 0.1) is 0 Å². The van der Waals surface area contributed by atoms with Gasteiger partial charge >= 0.3 is 0 Å². The molecular weight excluding hydrogens is 245 g/mol. The first-order valence-electron chi connectivity index (χ1n) is 4.66. The molecule has 0 saturated heterocycles. The number of phosphoric ester groups is 1. The van der Waals surface area contributed by atoms with Gasteiger partial charge < -0.3 is 18.7 Å². The van der Waals surface area contributed by atoms with Gasteiger partial charge in [-0.15, -0.1) is 0 Å². The SMILES string of the molecule is C.C.C=[N+](CC)CCOP(=O)([O-])OCCOC. The van der Waals surface area contributed by atoms with Crippen LogP contribution in [0.2, 0.25) is 0 Å². The summed E-state index contributed by atoms with van der Waals surface area (Å²) in [5, 5.41) is 0. The second-order valence-corrected chi connectivity index (χ2v) is 4.23. The van der Waals surface area contributed by atoms with Crippen molar-refractivity contribution in [3.63, 3.8) is 0 Å². The van der Waals surface area contributed by atoms with E-state index >= 15 is 0 Å². The maximum Gasteiger partial charge on any atom is 0.268 e. The molecule has 0 bridgehead atoms. The first-order valence-corrected chi connectivity index (χ1v) is 6.12. The van der Waals surface area contributed by atoms with Gasteiger partial charge in [-0.2, -0.15) is 0 Å². The number of hydrogen-bond acceptors (Lipinski definition) is 5. The Bertz CT molecular complexity index is 235. The molecule has 0 N–H and O–H groups in total. The van der Waals surface area contributed by atoms with Crippen LogP contribution >= 0.6 is 7.82 Å². The van der Waals surface area contributed by atoms with Crippen LogP contribution in [0.1, 0.15) is 21.8 Å². The fourth-order valence-corrected chi connectivity index (χ4v) is 1.39. The van der Waals surface area contributed by atoms with Crippen molar-refractivity contribution in [1.29, 1.82) is 0 Å². The van der Waals surface area contributed by atoms with Crippen LogP contribution in [0.4, 0.5) is 0 Å². The Labute approximate surface area is 105 Å². The summed E-state index contributed by atoms with van der Waals surface area (Å²) in [4.78, 5) is 11.1. The summed E-state index contributed by atoms with van der Waals surface area (Å²) in [7, 11) is -2.71. The highest BCUT2D eigenvalue weighted by molar-refractivity contribution is 7.45. The topological polar surface area (TPSA) is 70.8 Å². The van der Waals surface area contributed by atoms with Gasteiger partial charge in [-0.05, 0) is 6.92 Å². The summed E-state index contributed by atoms with van der Waals surface area (Å²) in [6.45, 7) is 6.97. The molecule has 7 heteroatoms. The molecule has 0 rings (SSSR count). The number of rotatable bonds is 9. The molecule has 0 aromatic carbocycles. The molecule has 0 heterocycles. The predicted octanol–water partition coefficient (Wildman–Crippen LogP) is 1.14. The lowest BCUT2D eigenvalue weighted by Crippen LogP contribution is -2.18. The third-order valence-electron chi connectivity index (χ3n) is 1.64. The van der Waals surface area contributed by atoms with Crippen LogP contribution in [0.15, 0.2) is 0 Å². The van der Waals surface area contributed by atoms with Gasteiger partial charge in [-0.1, -0.05) is 14.9 Å². The largest absolute Gasteiger partial charge is 0.756 e. The van der Waals surface area contributed by atoms with E-state index in [0.29, 0.717) is 6.54 Å². The van der Waals surface area contributed by atoms with Gasteiger partial charge in [0.1, 0.15) is 19.9 Å². The zero-order valence-corrected chi connectivity index (χ0v) is 10.1. The Hall–Kier alpha value is -0.260. The molecule has 1 unspecified atom stereocenters. The molecule has 0 radical (unpaired) electrons. The molecule has 106 valence electrons. The Kier molecular flexibility index (Phi) is 15.8. The van der Waals surface area contributed by atoms with Crippen LogP contribution in [-0.2, 0) is 18.3 Å². The summed E-state index contributed by atoms with van der Waals surface area (Å²) in [5.74, 6) is 0. The van der Waals surface area contributed by atoms with Crippen LogP contribution in [0.25, 0.3) is 0 Å². The van der Waals surface area contributed by atoms with Crippen molar-refractivity contribution in [2.75, 3.05) is 40.0 Å². The minimum Gasteiger partial charge on any atom is -0.756 e. The zero-order valence-electron chi connectivity index (χ0n) is 9.18. The van der Waals surface area contributed by atoms with E-state index in [1.165, 1.54) is 7.11 Å².